The summed E-state index contributed by atoms with van der Waals surface area (Å²) in [5.74, 6) is -0.360. The molecular formula is C22H23NO2S. The fourth-order valence-electron chi connectivity index (χ4n) is 3.09. The number of rotatable bonds is 6. The van der Waals surface area contributed by atoms with Gasteiger partial charge in [0.2, 0.25) is 0 Å². The lowest BCUT2D eigenvalue weighted by molar-refractivity contribution is 0.559. The van der Waals surface area contributed by atoms with Gasteiger partial charge in [0.1, 0.15) is 0 Å². The second kappa shape index (κ2) is 7.85. The van der Waals surface area contributed by atoms with Crippen molar-refractivity contribution in [2.45, 2.75) is 23.8 Å². The first-order valence-corrected chi connectivity index (χ1v) is 10.3. The van der Waals surface area contributed by atoms with Gasteiger partial charge in [0.05, 0.1) is 10.6 Å². The van der Waals surface area contributed by atoms with E-state index in [9.17, 15) is 8.42 Å². The minimum atomic E-state index is -3.46. The zero-order valence-electron chi connectivity index (χ0n) is 14.7. The molecule has 3 aromatic carbocycles. The van der Waals surface area contributed by atoms with Crippen LogP contribution in [-0.2, 0) is 9.84 Å². The Morgan fingerprint density at radius 2 is 1.27 bits per heavy atom. The first-order chi connectivity index (χ1) is 12.5. The molecule has 0 aliphatic rings. The maximum atomic E-state index is 13.0. The summed E-state index contributed by atoms with van der Waals surface area (Å²) in [5, 5.41) is 0. The fourth-order valence-corrected chi connectivity index (χ4v) is 4.71. The lowest BCUT2D eigenvalue weighted by Gasteiger charge is -2.25. The third-order valence-electron chi connectivity index (χ3n) is 4.62. The Labute approximate surface area is 155 Å². The van der Waals surface area contributed by atoms with E-state index in [0.717, 1.165) is 16.7 Å². The first kappa shape index (κ1) is 18.4. The quantitative estimate of drug-likeness (QED) is 0.710. The smallest absolute Gasteiger partial charge is 0.179 e. The molecule has 0 saturated heterocycles. The Bertz CT molecular complexity index is 936. The van der Waals surface area contributed by atoms with E-state index < -0.39 is 15.9 Å². The van der Waals surface area contributed by atoms with Gasteiger partial charge in [-0.05, 0) is 30.2 Å². The molecule has 0 saturated carbocycles. The maximum absolute atomic E-state index is 13.0. The van der Waals surface area contributed by atoms with Crippen LogP contribution in [-0.4, -0.2) is 14.2 Å². The van der Waals surface area contributed by atoms with Crippen LogP contribution in [0.4, 0.5) is 0 Å². The molecule has 2 atom stereocenters. The van der Waals surface area contributed by atoms with Crippen molar-refractivity contribution < 1.29 is 8.42 Å². The van der Waals surface area contributed by atoms with Crippen LogP contribution in [0.15, 0.2) is 89.8 Å². The van der Waals surface area contributed by atoms with Gasteiger partial charge in [-0.3, -0.25) is 0 Å². The Hall–Kier alpha value is -2.43. The summed E-state index contributed by atoms with van der Waals surface area (Å²) in [5.41, 5.74) is 9.41. The zero-order chi connectivity index (χ0) is 18.6. The van der Waals surface area contributed by atoms with E-state index in [1.54, 1.807) is 12.1 Å². The summed E-state index contributed by atoms with van der Waals surface area (Å²) in [6.45, 7) is 1.94. The number of aryl methyl sites for hydroxylation is 1. The molecule has 0 bridgehead atoms. The summed E-state index contributed by atoms with van der Waals surface area (Å²) < 4.78 is 26.0. The molecule has 3 nitrogen and oxygen atoms in total. The number of hydrogen-bond acceptors (Lipinski definition) is 3. The molecule has 0 aliphatic carbocycles. The predicted molar refractivity (Wildman–Crippen MR) is 106 cm³/mol. The van der Waals surface area contributed by atoms with E-state index in [-0.39, 0.29) is 11.7 Å². The van der Waals surface area contributed by atoms with Crippen molar-refractivity contribution in [2.24, 2.45) is 5.73 Å². The average molecular weight is 365 g/mol. The van der Waals surface area contributed by atoms with Crippen LogP contribution >= 0.6 is 0 Å². The van der Waals surface area contributed by atoms with E-state index in [0.29, 0.717) is 4.90 Å². The van der Waals surface area contributed by atoms with Gasteiger partial charge in [-0.1, -0.05) is 78.4 Å². The van der Waals surface area contributed by atoms with Crippen molar-refractivity contribution in [3.8, 4) is 0 Å². The van der Waals surface area contributed by atoms with Gasteiger partial charge in [-0.25, -0.2) is 8.42 Å². The summed E-state index contributed by atoms with van der Waals surface area (Å²) >= 11 is 0. The number of hydrogen-bond donors (Lipinski definition) is 1. The second-order valence-electron chi connectivity index (χ2n) is 6.55. The molecular weight excluding hydrogens is 342 g/mol. The van der Waals surface area contributed by atoms with Crippen LogP contribution in [0, 0.1) is 6.92 Å². The number of nitrogens with two attached hydrogens (primary N) is 1. The van der Waals surface area contributed by atoms with Gasteiger partial charge in [-0.15, -0.1) is 0 Å². The maximum Gasteiger partial charge on any atom is 0.179 e. The van der Waals surface area contributed by atoms with Gasteiger partial charge < -0.3 is 5.73 Å². The zero-order valence-corrected chi connectivity index (χ0v) is 15.6. The molecule has 26 heavy (non-hydrogen) atoms. The van der Waals surface area contributed by atoms with E-state index in [1.165, 1.54) is 0 Å². The minimum absolute atomic E-state index is 0.0316. The first-order valence-electron chi connectivity index (χ1n) is 8.62. The highest BCUT2D eigenvalue weighted by Crippen LogP contribution is 2.32. The van der Waals surface area contributed by atoms with Crippen molar-refractivity contribution in [3.63, 3.8) is 0 Å². The highest BCUT2D eigenvalue weighted by Gasteiger charge is 2.28. The highest BCUT2D eigenvalue weighted by atomic mass is 32.2. The summed E-state index contributed by atoms with van der Waals surface area (Å²) in [4.78, 5) is 0.337. The fraction of sp³-hybridized carbons (Fsp3) is 0.182. The van der Waals surface area contributed by atoms with Gasteiger partial charge in [-0.2, -0.15) is 0 Å². The summed E-state index contributed by atoms with van der Waals surface area (Å²) in [6.07, 6.45) is 0. The molecule has 0 aliphatic heterocycles. The Morgan fingerprint density at radius 1 is 0.769 bits per heavy atom. The van der Waals surface area contributed by atoms with Crippen molar-refractivity contribution in [3.05, 3.63) is 102 Å². The molecule has 0 amide bonds. The van der Waals surface area contributed by atoms with E-state index in [2.05, 4.69) is 0 Å². The monoisotopic (exact) mass is 365 g/mol. The normalized spacial score (nSPS) is 13.9. The number of benzene rings is 3. The van der Waals surface area contributed by atoms with Crippen LogP contribution in [0.2, 0.25) is 0 Å². The Balaban J connectivity index is 1.97. The largest absolute Gasteiger partial charge is 0.323 e. The van der Waals surface area contributed by atoms with Crippen LogP contribution in [0.1, 0.15) is 28.7 Å². The molecule has 3 rings (SSSR count). The van der Waals surface area contributed by atoms with Gasteiger partial charge in [0.25, 0.3) is 0 Å². The summed E-state index contributed by atoms with van der Waals surface area (Å²) in [7, 11) is -3.46. The van der Waals surface area contributed by atoms with Crippen LogP contribution in [0.25, 0.3) is 0 Å². The molecule has 0 unspecified atom stereocenters. The topological polar surface area (TPSA) is 60.2 Å². The molecule has 0 fully saturated rings. The van der Waals surface area contributed by atoms with Crippen LogP contribution in [0.3, 0.4) is 0 Å². The van der Waals surface area contributed by atoms with Gasteiger partial charge >= 0.3 is 0 Å². The second-order valence-corrected chi connectivity index (χ2v) is 8.58. The summed E-state index contributed by atoms with van der Waals surface area (Å²) in [6, 6.07) is 25.9. The third-order valence-corrected chi connectivity index (χ3v) is 6.41. The highest BCUT2D eigenvalue weighted by molar-refractivity contribution is 7.91. The van der Waals surface area contributed by atoms with Crippen molar-refractivity contribution in [1.82, 2.24) is 0 Å². The molecule has 0 radical (unpaired) electrons. The predicted octanol–water partition coefficient (Wildman–Crippen LogP) is 4.25. The molecule has 134 valence electrons. The number of sulfone groups is 1. The van der Waals surface area contributed by atoms with E-state index in [4.69, 9.17) is 5.73 Å². The van der Waals surface area contributed by atoms with Crippen molar-refractivity contribution in [2.75, 3.05) is 5.75 Å². The Kier molecular flexibility index (Phi) is 5.55. The van der Waals surface area contributed by atoms with Gasteiger partial charge in [0, 0.05) is 12.0 Å². The molecule has 2 N–H and O–H groups in total. The van der Waals surface area contributed by atoms with Crippen molar-refractivity contribution in [1.29, 1.82) is 0 Å². The molecule has 0 heterocycles. The van der Waals surface area contributed by atoms with Crippen LogP contribution in [0.5, 0.6) is 0 Å². The van der Waals surface area contributed by atoms with E-state index >= 15 is 0 Å². The standard InChI is InChI=1S/C22H23NO2S/c1-17-12-14-20(15-13-17)26(24,25)16-21(18-8-4-2-5-9-18)22(23)19-10-6-3-7-11-19/h2-15,21-22H,16,23H2,1H3/t21-,22-/m0/s1. The lowest BCUT2D eigenvalue weighted by atomic mass is 9.89. The van der Waals surface area contributed by atoms with Crippen LogP contribution < -0.4 is 5.73 Å². The lowest BCUT2D eigenvalue weighted by Crippen LogP contribution is -2.26. The van der Waals surface area contributed by atoms with Crippen molar-refractivity contribution >= 4 is 9.84 Å². The minimum Gasteiger partial charge on any atom is -0.323 e. The third kappa shape index (κ3) is 4.21. The molecule has 3 aromatic rings. The molecule has 4 heteroatoms. The van der Waals surface area contributed by atoms with Gasteiger partial charge in [0.15, 0.2) is 9.84 Å². The molecule has 0 aromatic heterocycles. The Morgan fingerprint density at radius 3 is 1.81 bits per heavy atom. The average Bonchev–Trinajstić information content (AvgIpc) is 2.67. The SMILES string of the molecule is Cc1ccc(S(=O)(=O)C[C@@H](c2ccccc2)[C@@H](N)c2ccccc2)cc1. The van der Waals surface area contributed by atoms with E-state index in [1.807, 2.05) is 79.7 Å². The molecule has 0 spiro atoms.